The van der Waals surface area contributed by atoms with Crippen molar-refractivity contribution in [1.82, 2.24) is 0 Å². The second kappa shape index (κ2) is 4.45. The van der Waals surface area contributed by atoms with Crippen LogP contribution in [0.15, 0.2) is 23.2 Å². The first-order valence-corrected chi connectivity index (χ1v) is 4.13. The van der Waals surface area contributed by atoms with E-state index in [4.69, 9.17) is 0 Å². The summed E-state index contributed by atoms with van der Waals surface area (Å²) < 4.78 is 0. The molecule has 0 aliphatic carbocycles. The summed E-state index contributed by atoms with van der Waals surface area (Å²) in [4.78, 5) is 2.24. The van der Waals surface area contributed by atoms with Gasteiger partial charge in [0.15, 0.2) is 0 Å². The van der Waals surface area contributed by atoms with E-state index in [1.54, 1.807) is 0 Å². The van der Waals surface area contributed by atoms with E-state index >= 15 is 0 Å². The first-order chi connectivity index (χ1) is 3.00. The molecule has 0 unspecified atom stereocenters. The van der Waals surface area contributed by atoms with Gasteiger partial charge in [0.1, 0.15) is 0 Å². The van der Waals surface area contributed by atoms with E-state index in [-0.39, 0.29) is 12.4 Å². The van der Waals surface area contributed by atoms with Gasteiger partial charge in [-0.15, -0.1) is 12.4 Å². The molecular formula is C5H7ClSe. The Labute approximate surface area is 56.2 Å². The maximum atomic E-state index is 2.24. The molecule has 2 heteroatoms. The average Bonchev–Trinajstić information content (AvgIpc) is 1.72. The van der Waals surface area contributed by atoms with Gasteiger partial charge in [0.25, 0.3) is 0 Å². The van der Waals surface area contributed by atoms with Crippen molar-refractivity contribution >= 4 is 27.4 Å². The SMILES string of the molecule is C1=CC[Se]C=C1.Cl. The Morgan fingerprint density at radius 2 is 2.14 bits per heavy atom. The Kier molecular flexibility index (Phi) is 4.63. The fourth-order valence-corrected chi connectivity index (χ4v) is 1.47. The third-order valence-corrected chi connectivity index (χ3v) is 2.16. The molecule has 0 radical (unpaired) electrons. The predicted octanol–water partition coefficient (Wildman–Crippen LogP) is 1.61. The van der Waals surface area contributed by atoms with Crippen molar-refractivity contribution < 1.29 is 0 Å². The van der Waals surface area contributed by atoms with E-state index in [0.29, 0.717) is 0 Å². The molecule has 1 aliphatic rings. The predicted molar refractivity (Wildman–Crippen MR) is 36.1 cm³/mol. The van der Waals surface area contributed by atoms with Gasteiger partial charge in [-0.3, -0.25) is 0 Å². The monoisotopic (exact) mass is 182 g/mol. The molecule has 0 atom stereocenters. The van der Waals surface area contributed by atoms with Crippen molar-refractivity contribution in [3.8, 4) is 0 Å². The second-order valence-electron chi connectivity index (χ2n) is 1.09. The van der Waals surface area contributed by atoms with Crippen LogP contribution in [0.4, 0.5) is 0 Å². The van der Waals surface area contributed by atoms with Crippen molar-refractivity contribution in [3.05, 3.63) is 23.2 Å². The van der Waals surface area contributed by atoms with E-state index < -0.39 is 0 Å². The number of allylic oxidation sites excluding steroid dienone is 3. The number of halogens is 1. The summed E-state index contributed by atoms with van der Waals surface area (Å²) in [5, 5.41) is 1.30. The molecule has 40 valence electrons. The normalized spacial score (nSPS) is 16.0. The summed E-state index contributed by atoms with van der Waals surface area (Å²) in [6, 6.07) is 0. The zero-order valence-electron chi connectivity index (χ0n) is 3.83. The molecule has 1 heterocycles. The first kappa shape index (κ1) is 7.29. The van der Waals surface area contributed by atoms with Gasteiger partial charge in [0.2, 0.25) is 0 Å². The summed E-state index contributed by atoms with van der Waals surface area (Å²) >= 11 is 0.786. The quantitative estimate of drug-likeness (QED) is 0.498. The topological polar surface area (TPSA) is 0 Å². The number of rotatable bonds is 0. The number of hydrogen-bond donors (Lipinski definition) is 0. The molecule has 0 aromatic heterocycles. The van der Waals surface area contributed by atoms with Crippen LogP contribution in [-0.2, 0) is 0 Å². The van der Waals surface area contributed by atoms with E-state index in [1.807, 2.05) is 0 Å². The van der Waals surface area contributed by atoms with E-state index in [2.05, 4.69) is 23.2 Å². The molecule has 0 aromatic carbocycles. The fourth-order valence-electron chi connectivity index (χ4n) is 0.346. The van der Waals surface area contributed by atoms with Gasteiger partial charge in [-0.25, -0.2) is 0 Å². The fraction of sp³-hybridized carbons (Fsp3) is 0.200. The largest absolute Gasteiger partial charge is 0.147 e. The minimum absolute atomic E-state index is 0. The van der Waals surface area contributed by atoms with Crippen molar-refractivity contribution in [2.24, 2.45) is 0 Å². The summed E-state index contributed by atoms with van der Waals surface area (Å²) in [7, 11) is 0. The Bertz CT molecular complexity index is 74.1. The van der Waals surface area contributed by atoms with Crippen molar-refractivity contribution in [3.63, 3.8) is 0 Å². The minimum Gasteiger partial charge on any atom is -0.147 e. The first-order valence-electron chi connectivity index (χ1n) is 1.93. The third kappa shape index (κ3) is 2.93. The van der Waals surface area contributed by atoms with E-state index in [0.717, 1.165) is 15.0 Å². The maximum Gasteiger partial charge on any atom is -0.147 e. The van der Waals surface area contributed by atoms with Crippen molar-refractivity contribution in [2.45, 2.75) is 5.32 Å². The van der Waals surface area contributed by atoms with Crippen LogP contribution in [0, 0.1) is 0 Å². The molecule has 1 rings (SSSR count). The zero-order valence-corrected chi connectivity index (χ0v) is 6.36. The van der Waals surface area contributed by atoms with Crippen LogP contribution < -0.4 is 0 Å². The van der Waals surface area contributed by atoms with Gasteiger partial charge in [-0.2, -0.15) is 0 Å². The molecule has 0 nitrogen and oxygen atoms in total. The standard InChI is InChI=1S/C5H6Se.ClH/c1-2-4-6-5-3-1;/h1-4H,5H2;1H. The molecule has 0 N–H and O–H groups in total. The third-order valence-electron chi connectivity index (χ3n) is 0.614. The van der Waals surface area contributed by atoms with Gasteiger partial charge >= 0.3 is 43.5 Å². The van der Waals surface area contributed by atoms with Crippen LogP contribution in [0.3, 0.4) is 0 Å². The molecule has 0 saturated carbocycles. The number of hydrogen-bond acceptors (Lipinski definition) is 0. The molecule has 1 aliphatic heterocycles. The zero-order chi connectivity index (χ0) is 4.24. The molecule has 0 saturated heterocycles. The van der Waals surface area contributed by atoms with Gasteiger partial charge in [-0.1, -0.05) is 0 Å². The average molecular weight is 182 g/mol. The molecule has 0 amide bonds. The van der Waals surface area contributed by atoms with E-state index in [9.17, 15) is 0 Å². The van der Waals surface area contributed by atoms with Crippen molar-refractivity contribution in [2.75, 3.05) is 0 Å². The molecular weight excluding hydrogens is 174 g/mol. The minimum atomic E-state index is 0. The smallest absolute Gasteiger partial charge is 0.147 e. The van der Waals surface area contributed by atoms with Gasteiger partial charge in [-0.05, 0) is 0 Å². The summed E-state index contributed by atoms with van der Waals surface area (Å²) in [5.41, 5.74) is 0. The Morgan fingerprint density at radius 3 is 2.29 bits per heavy atom. The van der Waals surface area contributed by atoms with Crippen LogP contribution in [0.1, 0.15) is 0 Å². The van der Waals surface area contributed by atoms with Crippen LogP contribution in [0.25, 0.3) is 0 Å². The Balaban J connectivity index is 0.000000360. The van der Waals surface area contributed by atoms with Gasteiger partial charge in [0, 0.05) is 0 Å². The molecule has 7 heavy (non-hydrogen) atoms. The van der Waals surface area contributed by atoms with Gasteiger partial charge < -0.3 is 0 Å². The Morgan fingerprint density at radius 1 is 1.29 bits per heavy atom. The van der Waals surface area contributed by atoms with Crippen LogP contribution in [0.2, 0.25) is 5.32 Å². The van der Waals surface area contributed by atoms with Crippen LogP contribution >= 0.6 is 12.4 Å². The molecule has 0 spiro atoms. The Hall–Kier alpha value is 0.289. The molecule has 0 aromatic rings. The molecule has 0 fully saturated rings. The summed E-state index contributed by atoms with van der Waals surface area (Å²) in [6.45, 7) is 0. The van der Waals surface area contributed by atoms with Gasteiger partial charge in [0.05, 0.1) is 0 Å². The van der Waals surface area contributed by atoms with Crippen LogP contribution in [-0.4, -0.2) is 15.0 Å². The van der Waals surface area contributed by atoms with E-state index in [1.165, 1.54) is 5.32 Å². The summed E-state index contributed by atoms with van der Waals surface area (Å²) in [6.07, 6.45) is 6.43. The molecule has 0 bridgehead atoms. The summed E-state index contributed by atoms with van der Waals surface area (Å²) in [5.74, 6) is 0. The van der Waals surface area contributed by atoms with Crippen LogP contribution in [0.5, 0.6) is 0 Å². The second-order valence-corrected chi connectivity index (χ2v) is 3.06. The maximum absolute atomic E-state index is 2.24. The van der Waals surface area contributed by atoms with Crippen molar-refractivity contribution in [1.29, 1.82) is 0 Å².